The van der Waals surface area contributed by atoms with Gasteiger partial charge in [-0.2, -0.15) is 0 Å². The smallest absolute Gasteiger partial charge is 0.305 e. The van der Waals surface area contributed by atoms with E-state index in [1.54, 1.807) is 0 Å². The standard InChI is InChI=1S/C22H38N2O4/c1-7-27-22(25,28-8-2)15-26-12-11-24-20-14-18(16(3)4)19(23)13-17(20)9-10-21(24,5)6/h13-14,16,25H,7-12,15,23H2,1-6H3. The van der Waals surface area contributed by atoms with Crippen molar-refractivity contribution < 1.29 is 19.3 Å². The Balaban J connectivity index is 2.11. The van der Waals surface area contributed by atoms with Gasteiger partial charge >= 0.3 is 5.97 Å². The normalized spacial score (nSPS) is 16.5. The lowest BCUT2D eigenvalue weighted by Gasteiger charge is -2.45. The number of aliphatic hydroxyl groups is 1. The fourth-order valence-corrected chi connectivity index (χ4v) is 3.88. The molecule has 0 atom stereocenters. The zero-order chi connectivity index (χ0) is 20.9. The molecule has 6 heteroatoms. The number of hydrogen-bond acceptors (Lipinski definition) is 6. The van der Waals surface area contributed by atoms with Gasteiger partial charge in [-0.05, 0) is 69.7 Å². The summed E-state index contributed by atoms with van der Waals surface area (Å²) in [6.07, 6.45) is 2.08. The summed E-state index contributed by atoms with van der Waals surface area (Å²) in [4.78, 5) is 2.40. The van der Waals surface area contributed by atoms with Crippen LogP contribution in [0.3, 0.4) is 0 Å². The van der Waals surface area contributed by atoms with Crippen molar-refractivity contribution >= 4 is 11.4 Å². The summed E-state index contributed by atoms with van der Waals surface area (Å²) in [6, 6.07) is 4.38. The summed E-state index contributed by atoms with van der Waals surface area (Å²) >= 11 is 0. The van der Waals surface area contributed by atoms with Crippen molar-refractivity contribution in [2.75, 3.05) is 43.6 Å². The van der Waals surface area contributed by atoms with E-state index >= 15 is 0 Å². The van der Waals surface area contributed by atoms with Crippen LogP contribution >= 0.6 is 0 Å². The molecule has 1 heterocycles. The van der Waals surface area contributed by atoms with Gasteiger partial charge in [-0.3, -0.25) is 0 Å². The molecule has 0 spiro atoms. The third kappa shape index (κ3) is 5.38. The van der Waals surface area contributed by atoms with Crippen molar-refractivity contribution in [2.45, 2.75) is 71.8 Å². The van der Waals surface area contributed by atoms with Gasteiger partial charge in [0.1, 0.15) is 6.61 Å². The van der Waals surface area contributed by atoms with E-state index in [9.17, 15) is 5.11 Å². The number of rotatable bonds is 10. The second-order valence-corrected chi connectivity index (χ2v) is 8.36. The first-order valence-electron chi connectivity index (χ1n) is 10.4. The van der Waals surface area contributed by atoms with Crippen LogP contribution in [0.2, 0.25) is 0 Å². The van der Waals surface area contributed by atoms with Crippen LogP contribution in [0, 0.1) is 0 Å². The van der Waals surface area contributed by atoms with Gasteiger partial charge < -0.3 is 30.0 Å². The number of anilines is 2. The highest BCUT2D eigenvalue weighted by Gasteiger charge is 2.34. The Kier molecular flexibility index (Phi) is 7.73. The van der Waals surface area contributed by atoms with Gasteiger partial charge in [-0.25, -0.2) is 0 Å². The summed E-state index contributed by atoms with van der Waals surface area (Å²) in [5, 5.41) is 10.3. The van der Waals surface area contributed by atoms with Gasteiger partial charge in [-0.15, -0.1) is 0 Å². The monoisotopic (exact) mass is 394 g/mol. The molecule has 160 valence electrons. The zero-order valence-electron chi connectivity index (χ0n) is 18.4. The molecule has 6 nitrogen and oxygen atoms in total. The molecule has 28 heavy (non-hydrogen) atoms. The number of nitrogen functional groups attached to an aromatic ring is 1. The van der Waals surface area contributed by atoms with Gasteiger partial charge in [0, 0.05) is 36.7 Å². The van der Waals surface area contributed by atoms with E-state index in [0.29, 0.717) is 25.7 Å². The second-order valence-electron chi connectivity index (χ2n) is 8.36. The minimum atomic E-state index is -1.68. The van der Waals surface area contributed by atoms with Crippen molar-refractivity contribution in [2.24, 2.45) is 0 Å². The Morgan fingerprint density at radius 3 is 2.43 bits per heavy atom. The van der Waals surface area contributed by atoms with Crippen LogP contribution in [-0.2, 0) is 20.6 Å². The lowest BCUT2D eigenvalue weighted by molar-refractivity contribution is -0.373. The fraction of sp³-hybridized carbons (Fsp3) is 0.727. The average Bonchev–Trinajstić information content (AvgIpc) is 2.60. The number of aryl methyl sites for hydroxylation is 1. The molecule has 0 amide bonds. The Morgan fingerprint density at radius 1 is 1.21 bits per heavy atom. The maximum Gasteiger partial charge on any atom is 0.305 e. The first kappa shape index (κ1) is 22.9. The van der Waals surface area contributed by atoms with Crippen LogP contribution in [0.5, 0.6) is 0 Å². The molecule has 0 saturated heterocycles. The maximum absolute atomic E-state index is 10.3. The molecule has 1 aromatic rings. The molecule has 3 N–H and O–H groups in total. The molecule has 1 aliphatic heterocycles. The minimum Gasteiger partial charge on any atom is -0.398 e. The van der Waals surface area contributed by atoms with E-state index in [1.165, 1.54) is 16.8 Å². The molecule has 0 aliphatic carbocycles. The molecule has 0 bridgehead atoms. The Labute approximate surface area is 169 Å². The van der Waals surface area contributed by atoms with Crippen molar-refractivity contribution in [3.8, 4) is 0 Å². The van der Waals surface area contributed by atoms with Gasteiger partial charge in [-0.1, -0.05) is 13.8 Å². The lowest BCUT2D eigenvalue weighted by Crippen LogP contribution is -2.49. The van der Waals surface area contributed by atoms with E-state index in [0.717, 1.165) is 25.1 Å². The van der Waals surface area contributed by atoms with Gasteiger partial charge in [0.15, 0.2) is 0 Å². The van der Waals surface area contributed by atoms with Crippen molar-refractivity contribution in [3.63, 3.8) is 0 Å². The fourth-order valence-electron chi connectivity index (χ4n) is 3.88. The minimum absolute atomic E-state index is 0.0191. The molecular formula is C22H38N2O4. The number of nitrogens with zero attached hydrogens (tertiary/aromatic N) is 1. The van der Waals surface area contributed by atoms with E-state index < -0.39 is 5.97 Å². The molecule has 1 aliphatic rings. The number of benzene rings is 1. The largest absolute Gasteiger partial charge is 0.398 e. The molecule has 0 unspecified atom stereocenters. The molecular weight excluding hydrogens is 356 g/mol. The first-order chi connectivity index (χ1) is 13.1. The Hall–Kier alpha value is -1.34. The summed E-state index contributed by atoms with van der Waals surface area (Å²) in [6.45, 7) is 14.4. The second kappa shape index (κ2) is 9.44. The number of ether oxygens (including phenoxy) is 3. The average molecular weight is 395 g/mol. The molecule has 0 radical (unpaired) electrons. The highest BCUT2D eigenvalue weighted by molar-refractivity contribution is 5.67. The lowest BCUT2D eigenvalue weighted by atomic mass is 9.85. The van der Waals surface area contributed by atoms with Gasteiger partial charge in [0.2, 0.25) is 0 Å². The van der Waals surface area contributed by atoms with Crippen molar-refractivity contribution in [1.29, 1.82) is 0 Å². The van der Waals surface area contributed by atoms with Crippen LogP contribution < -0.4 is 10.6 Å². The highest BCUT2D eigenvalue weighted by atomic mass is 16.8. The van der Waals surface area contributed by atoms with Gasteiger partial charge in [0.25, 0.3) is 0 Å². The third-order valence-corrected chi connectivity index (χ3v) is 5.42. The van der Waals surface area contributed by atoms with Crippen LogP contribution in [0.25, 0.3) is 0 Å². The predicted octanol–water partition coefficient (Wildman–Crippen LogP) is 3.66. The van der Waals surface area contributed by atoms with E-state index in [-0.39, 0.29) is 12.1 Å². The van der Waals surface area contributed by atoms with Crippen LogP contribution in [-0.4, -0.2) is 49.6 Å². The van der Waals surface area contributed by atoms with Crippen molar-refractivity contribution in [3.05, 3.63) is 23.3 Å². The van der Waals surface area contributed by atoms with Crippen molar-refractivity contribution in [1.82, 2.24) is 0 Å². The predicted molar refractivity (Wildman–Crippen MR) is 114 cm³/mol. The third-order valence-electron chi connectivity index (χ3n) is 5.42. The summed E-state index contributed by atoms with van der Waals surface area (Å²) in [5.41, 5.74) is 10.9. The van der Waals surface area contributed by atoms with E-state index in [1.807, 2.05) is 13.8 Å². The topological polar surface area (TPSA) is 77.2 Å². The Morgan fingerprint density at radius 2 is 1.86 bits per heavy atom. The number of hydrogen-bond donors (Lipinski definition) is 2. The molecule has 0 fully saturated rings. The van der Waals surface area contributed by atoms with Crippen LogP contribution in [0.1, 0.15) is 65.0 Å². The van der Waals surface area contributed by atoms with Gasteiger partial charge in [0.05, 0.1) is 6.61 Å². The molecule has 0 saturated carbocycles. The molecule has 0 aromatic heterocycles. The first-order valence-corrected chi connectivity index (χ1v) is 10.4. The van der Waals surface area contributed by atoms with E-state index in [4.69, 9.17) is 19.9 Å². The molecule has 2 rings (SSSR count). The number of fused-ring (bicyclic) bond motifs is 1. The SMILES string of the molecule is CCOC(O)(COCCN1c2cc(C(C)C)c(N)cc2CCC1(C)C)OCC. The summed E-state index contributed by atoms with van der Waals surface area (Å²) < 4.78 is 16.3. The van der Waals surface area contributed by atoms with Crippen LogP contribution in [0.15, 0.2) is 12.1 Å². The Bertz CT molecular complexity index is 640. The molecule has 1 aromatic carbocycles. The quantitative estimate of drug-likeness (QED) is 0.358. The summed E-state index contributed by atoms with van der Waals surface area (Å²) in [7, 11) is 0. The maximum atomic E-state index is 10.3. The highest BCUT2D eigenvalue weighted by Crippen LogP contribution is 2.40. The zero-order valence-corrected chi connectivity index (χ0v) is 18.4. The number of nitrogens with two attached hydrogens (primary N) is 1. The summed E-state index contributed by atoms with van der Waals surface area (Å²) in [5.74, 6) is -1.31. The van der Waals surface area contributed by atoms with E-state index in [2.05, 4.69) is 44.7 Å². The van der Waals surface area contributed by atoms with Crippen LogP contribution in [0.4, 0.5) is 11.4 Å².